The largest absolute Gasteiger partial charge is 0.493 e. The molecule has 0 fully saturated rings. The molecule has 7 heteroatoms. The summed E-state index contributed by atoms with van der Waals surface area (Å²) in [6.45, 7) is 0.579. The number of ether oxygens (including phenoxy) is 1. The zero-order valence-corrected chi connectivity index (χ0v) is 17.2. The predicted molar refractivity (Wildman–Crippen MR) is 117 cm³/mol. The van der Waals surface area contributed by atoms with Crippen LogP contribution in [0.15, 0.2) is 66.4 Å². The van der Waals surface area contributed by atoms with Gasteiger partial charge in [-0.1, -0.05) is 24.3 Å². The number of carbonyl (C=O) groups excluding carboxylic acids is 1. The number of nitrogens with one attached hydrogen (secondary N) is 1. The van der Waals surface area contributed by atoms with Crippen molar-refractivity contribution >= 4 is 17.2 Å². The Hall–Kier alpha value is -3.45. The molecule has 2 aromatic carbocycles. The molecule has 1 atom stereocenters. The Balaban J connectivity index is 1.47. The molecule has 1 unspecified atom stereocenters. The number of aryl methyl sites for hydroxylation is 1. The van der Waals surface area contributed by atoms with Crippen molar-refractivity contribution in [3.63, 3.8) is 0 Å². The van der Waals surface area contributed by atoms with E-state index in [1.165, 1.54) is 11.3 Å². The zero-order chi connectivity index (χ0) is 20.5. The van der Waals surface area contributed by atoms with Crippen molar-refractivity contribution in [2.45, 2.75) is 12.5 Å². The molecule has 0 spiro atoms. The monoisotopic (exact) mass is 416 g/mol. The highest BCUT2D eigenvalue weighted by molar-refractivity contribution is 7.11. The normalized spacial score (nSPS) is 15.3. The number of hydrogen-bond donors (Lipinski definition) is 1. The van der Waals surface area contributed by atoms with Crippen molar-refractivity contribution in [1.29, 1.82) is 0 Å². The lowest BCUT2D eigenvalue weighted by atomic mass is 9.94. The number of nitrogens with zero attached hydrogens (tertiary/aromatic N) is 3. The van der Waals surface area contributed by atoms with Gasteiger partial charge in [0, 0.05) is 30.8 Å². The van der Waals surface area contributed by atoms with Crippen LogP contribution < -0.4 is 10.1 Å². The average molecular weight is 417 g/mol. The molecule has 1 N–H and O–H groups in total. The van der Waals surface area contributed by atoms with Crippen molar-refractivity contribution in [3.05, 3.63) is 76.9 Å². The fourth-order valence-corrected chi connectivity index (χ4v) is 4.32. The Labute approximate surface area is 178 Å². The van der Waals surface area contributed by atoms with Crippen LogP contribution in [0.4, 0.5) is 0 Å². The second kappa shape index (κ2) is 7.76. The molecule has 1 amide bonds. The summed E-state index contributed by atoms with van der Waals surface area (Å²) in [5, 5.41) is 7.41. The van der Waals surface area contributed by atoms with Crippen molar-refractivity contribution in [1.82, 2.24) is 20.1 Å². The van der Waals surface area contributed by atoms with E-state index in [4.69, 9.17) is 4.74 Å². The minimum atomic E-state index is -0.0982. The van der Waals surface area contributed by atoms with Crippen LogP contribution in [0.2, 0.25) is 0 Å². The summed E-state index contributed by atoms with van der Waals surface area (Å²) in [4.78, 5) is 17.2. The summed E-state index contributed by atoms with van der Waals surface area (Å²) in [7, 11) is 1.94. The van der Waals surface area contributed by atoms with Gasteiger partial charge in [-0.3, -0.25) is 14.5 Å². The van der Waals surface area contributed by atoms with Crippen LogP contribution in [0.5, 0.6) is 5.75 Å². The summed E-state index contributed by atoms with van der Waals surface area (Å²) in [5.41, 5.74) is 7.03. The first-order chi connectivity index (χ1) is 14.7. The van der Waals surface area contributed by atoms with Gasteiger partial charge in [-0.2, -0.15) is 5.10 Å². The standard InChI is InChI=1S/C23H20N4O2S/c1-27-20(7-9-25-27)17-4-2-3-15(11-17)16-5-6-21-18(12-16)19(8-10-29-21)26-23(28)22-13-24-14-30-22/h2-7,9,11-14,19H,8,10H2,1H3,(H,26,28). The van der Waals surface area contributed by atoms with Crippen LogP contribution in [0.1, 0.15) is 27.7 Å². The highest BCUT2D eigenvalue weighted by atomic mass is 32.1. The Bertz CT molecular complexity index is 1200. The highest BCUT2D eigenvalue weighted by Crippen LogP contribution is 2.36. The van der Waals surface area contributed by atoms with Crippen molar-refractivity contribution < 1.29 is 9.53 Å². The molecule has 30 heavy (non-hydrogen) atoms. The lowest BCUT2D eigenvalue weighted by Gasteiger charge is -2.27. The van der Waals surface area contributed by atoms with Gasteiger partial charge in [0.2, 0.25) is 0 Å². The summed E-state index contributed by atoms with van der Waals surface area (Å²) < 4.78 is 7.71. The molecule has 6 nitrogen and oxygen atoms in total. The molecule has 1 aliphatic heterocycles. The predicted octanol–water partition coefficient (Wildman–Crippen LogP) is 4.46. The molecule has 0 radical (unpaired) electrons. The molecule has 0 saturated heterocycles. The topological polar surface area (TPSA) is 69.0 Å². The third kappa shape index (κ3) is 3.48. The number of rotatable bonds is 4. The number of carbonyl (C=O) groups is 1. The maximum absolute atomic E-state index is 12.6. The van der Waals surface area contributed by atoms with Crippen LogP contribution in [0.25, 0.3) is 22.4 Å². The zero-order valence-electron chi connectivity index (χ0n) is 16.4. The molecule has 0 bridgehead atoms. The van der Waals surface area contributed by atoms with Crippen molar-refractivity contribution in [3.8, 4) is 28.1 Å². The van der Waals surface area contributed by atoms with E-state index in [-0.39, 0.29) is 11.9 Å². The SMILES string of the molecule is Cn1nccc1-c1cccc(-c2ccc3c(c2)C(NC(=O)c2cncs2)CCO3)c1. The third-order valence-corrected chi connectivity index (χ3v) is 6.10. The Morgan fingerprint density at radius 1 is 1.17 bits per heavy atom. The molecule has 0 aliphatic carbocycles. The Kier molecular flexibility index (Phi) is 4.80. The van der Waals surface area contributed by atoms with E-state index in [9.17, 15) is 4.79 Å². The molecule has 0 saturated carbocycles. The summed E-state index contributed by atoms with van der Waals surface area (Å²) in [6.07, 6.45) is 4.13. The number of hydrogen-bond acceptors (Lipinski definition) is 5. The van der Waals surface area contributed by atoms with E-state index >= 15 is 0 Å². The molecule has 5 rings (SSSR count). The Morgan fingerprint density at radius 2 is 2.03 bits per heavy atom. The lowest BCUT2D eigenvalue weighted by molar-refractivity contribution is 0.0928. The van der Waals surface area contributed by atoms with E-state index in [1.807, 2.05) is 23.9 Å². The molecule has 2 aromatic heterocycles. The van der Waals surface area contributed by atoms with E-state index < -0.39 is 0 Å². The fourth-order valence-electron chi connectivity index (χ4n) is 3.80. The summed E-state index contributed by atoms with van der Waals surface area (Å²) >= 11 is 1.34. The average Bonchev–Trinajstić information content (AvgIpc) is 3.46. The van der Waals surface area contributed by atoms with Gasteiger partial charge in [0.05, 0.1) is 30.1 Å². The molecule has 150 valence electrons. The minimum absolute atomic E-state index is 0.0939. The highest BCUT2D eigenvalue weighted by Gasteiger charge is 2.24. The van der Waals surface area contributed by atoms with Crippen LogP contribution in [0.3, 0.4) is 0 Å². The van der Waals surface area contributed by atoms with E-state index in [2.05, 4.69) is 51.8 Å². The van der Waals surface area contributed by atoms with Crippen LogP contribution >= 0.6 is 11.3 Å². The summed E-state index contributed by atoms with van der Waals surface area (Å²) in [6, 6.07) is 16.5. The van der Waals surface area contributed by atoms with Gasteiger partial charge < -0.3 is 10.1 Å². The number of thiazole rings is 1. The van der Waals surface area contributed by atoms with Gasteiger partial charge in [0.15, 0.2) is 0 Å². The van der Waals surface area contributed by atoms with E-state index in [0.29, 0.717) is 11.5 Å². The molecule has 3 heterocycles. The number of aromatic nitrogens is 3. The smallest absolute Gasteiger partial charge is 0.263 e. The number of fused-ring (bicyclic) bond motifs is 1. The lowest BCUT2D eigenvalue weighted by Crippen LogP contribution is -2.31. The van der Waals surface area contributed by atoms with E-state index in [0.717, 1.165) is 40.1 Å². The minimum Gasteiger partial charge on any atom is -0.493 e. The van der Waals surface area contributed by atoms with Gasteiger partial charge in [-0.25, -0.2) is 0 Å². The van der Waals surface area contributed by atoms with Crippen molar-refractivity contribution in [2.24, 2.45) is 7.05 Å². The van der Waals surface area contributed by atoms with Gasteiger partial charge in [-0.05, 0) is 35.4 Å². The van der Waals surface area contributed by atoms with E-state index in [1.54, 1.807) is 17.9 Å². The van der Waals surface area contributed by atoms with Crippen molar-refractivity contribution in [2.75, 3.05) is 6.61 Å². The first-order valence-corrected chi connectivity index (χ1v) is 10.6. The maximum atomic E-state index is 12.6. The van der Waals surface area contributed by atoms with Gasteiger partial charge in [0.1, 0.15) is 10.6 Å². The quantitative estimate of drug-likeness (QED) is 0.533. The van der Waals surface area contributed by atoms with Crippen LogP contribution in [0, 0.1) is 0 Å². The Morgan fingerprint density at radius 3 is 2.83 bits per heavy atom. The molecule has 4 aromatic rings. The van der Waals surface area contributed by atoms with Crippen LogP contribution in [-0.2, 0) is 7.05 Å². The number of benzene rings is 2. The van der Waals surface area contributed by atoms with Gasteiger partial charge in [0.25, 0.3) is 5.91 Å². The maximum Gasteiger partial charge on any atom is 0.263 e. The number of amides is 1. The van der Waals surface area contributed by atoms with Gasteiger partial charge in [-0.15, -0.1) is 11.3 Å². The first kappa shape index (κ1) is 18.6. The molecular formula is C23H20N4O2S. The summed E-state index contributed by atoms with van der Waals surface area (Å²) in [5.74, 6) is 0.723. The van der Waals surface area contributed by atoms with Gasteiger partial charge >= 0.3 is 0 Å². The fraction of sp³-hybridized carbons (Fsp3) is 0.174. The molecular weight excluding hydrogens is 396 g/mol. The first-order valence-electron chi connectivity index (χ1n) is 9.74. The second-order valence-corrected chi connectivity index (χ2v) is 8.09. The molecule has 1 aliphatic rings. The second-order valence-electron chi connectivity index (χ2n) is 7.20. The third-order valence-electron chi connectivity index (χ3n) is 5.32. The van der Waals surface area contributed by atoms with Crippen LogP contribution in [-0.4, -0.2) is 27.3 Å².